The third kappa shape index (κ3) is 3.24. The van der Waals surface area contributed by atoms with E-state index in [1.165, 1.54) is 0 Å². The molecule has 29 heavy (non-hydrogen) atoms. The maximum absolute atomic E-state index is 13.4. The van der Waals surface area contributed by atoms with Crippen LogP contribution in [-0.2, 0) is 6.54 Å². The van der Waals surface area contributed by atoms with Crippen molar-refractivity contribution in [3.63, 3.8) is 0 Å². The van der Waals surface area contributed by atoms with E-state index in [0.717, 1.165) is 52.1 Å². The molecule has 0 saturated heterocycles. The lowest BCUT2D eigenvalue weighted by Gasteiger charge is -2.19. The van der Waals surface area contributed by atoms with Crippen LogP contribution in [0.2, 0.25) is 0 Å². The number of methoxy groups -OCH3 is 2. The summed E-state index contributed by atoms with van der Waals surface area (Å²) in [4.78, 5) is 21.0. The van der Waals surface area contributed by atoms with Crippen molar-refractivity contribution >= 4 is 42.7 Å². The number of ether oxygens (including phenoxy) is 2. The number of hydrogen-bond donors (Lipinski definition) is 0. The zero-order valence-corrected chi connectivity index (χ0v) is 18.0. The molecular weight excluding hydrogens is 386 g/mol. The van der Waals surface area contributed by atoms with Gasteiger partial charge in [-0.05, 0) is 31.3 Å². The van der Waals surface area contributed by atoms with Gasteiger partial charge in [0.1, 0.15) is 10.3 Å². The highest BCUT2D eigenvalue weighted by atomic mass is 32.1. The predicted molar refractivity (Wildman–Crippen MR) is 120 cm³/mol. The lowest BCUT2D eigenvalue weighted by atomic mass is 10.2. The molecule has 0 fully saturated rings. The van der Waals surface area contributed by atoms with Gasteiger partial charge in [0.25, 0.3) is 0 Å². The monoisotopic (exact) mass is 411 g/mol. The summed E-state index contributed by atoms with van der Waals surface area (Å²) < 4.78 is 14.1. The van der Waals surface area contributed by atoms with Crippen molar-refractivity contribution in [3.8, 4) is 11.5 Å². The molecule has 3 aromatic heterocycles. The average Bonchev–Trinajstić information content (AvgIpc) is 3.06. The minimum atomic E-state index is 0.0236. The van der Waals surface area contributed by atoms with E-state index in [1.54, 1.807) is 31.8 Å². The van der Waals surface area contributed by atoms with Crippen LogP contribution in [0, 0.1) is 0 Å². The van der Waals surface area contributed by atoms with E-state index < -0.39 is 0 Å². The fraction of sp³-hybridized carbons (Fsp3) is 0.364. The number of likely N-dealkylation sites (N-methyl/N-ethyl adjacent to an activating group) is 1. The van der Waals surface area contributed by atoms with Gasteiger partial charge in [-0.1, -0.05) is 13.8 Å². The number of fused-ring (bicyclic) bond motifs is 4. The minimum absolute atomic E-state index is 0.0236. The molecule has 3 heterocycles. The first-order valence-electron chi connectivity index (χ1n) is 9.81. The summed E-state index contributed by atoms with van der Waals surface area (Å²) in [5, 5.41) is 1.66. The standard InChI is InChI=1S/C22H25N3O3S/c1-5-24(6-2)10-11-25-16-13-18(28-4)17(27-3)12-15(16)21-19(25)20(26)14-8-7-9-23-22(14)29-21/h7-9,12-13H,5-6,10-11H2,1-4H3. The first kappa shape index (κ1) is 19.7. The number of benzene rings is 1. The molecule has 4 rings (SSSR count). The molecular formula is C22H25N3O3S. The zero-order chi connectivity index (χ0) is 20.5. The Morgan fingerprint density at radius 3 is 2.52 bits per heavy atom. The van der Waals surface area contributed by atoms with Crippen LogP contribution >= 0.6 is 11.3 Å². The van der Waals surface area contributed by atoms with Crippen LogP contribution in [0.3, 0.4) is 0 Å². The lowest BCUT2D eigenvalue weighted by molar-refractivity contribution is 0.293. The summed E-state index contributed by atoms with van der Waals surface area (Å²) in [6.07, 6.45) is 1.73. The van der Waals surface area contributed by atoms with E-state index in [1.807, 2.05) is 24.3 Å². The molecule has 152 valence electrons. The van der Waals surface area contributed by atoms with Crippen molar-refractivity contribution in [3.05, 3.63) is 40.7 Å². The normalized spacial score (nSPS) is 11.8. The fourth-order valence-electron chi connectivity index (χ4n) is 3.86. The van der Waals surface area contributed by atoms with Gasteiger partial charge in [0.2, 0.25) is 5.43 Å². The van der Waals surface area contributed by atoms with Crippen molar-refractivity contribution in [1.82, 2.24) is 14.5 Å². The summed E-state index contributed by atoms with van der Waals surface area (Å²) in [7, 11) is 3.26. The van der Waals surface area contributed by atoms with Crippen LogP contribution < -0.4 is 14.9 Å². The molecule has 6 nitrogen and oxygen atoms in total. The summed E-state index contributed by atoms with van der Waals surface area (Å²) in [6.45, 7) is 7.86. The molecule has 0 bridgehead atoms. The minimum Gasteiger partial charge on any atom is -0.493 e. The fourth-order valence-corrected chi connectivity index (χ4v) is 5.01. The quantitative estimate of drug-likeness (QED) is 0.458. The first-order chi connectivity index (χ1) is 14.1. The first-order valence-corrected chi connectivity index (χ1v) is 10.6. The molecule has 0 unspecified atom stereocenters. The van der Waals surface area contributed by atoms with Gasteiger partial charge in [-0.3, -0.25) is 4.79 Å². The maximum atomic E-state index is 13.4. The topological polar surface area (TPSA) is 56.6 Å². The third-order valence-electron chi connectivity index (χ3n) is 5.49. The van der Waals surface area contributed by atoms with E-state index in [-0.39, 0.29) is 5.43 Å². The van der Waals surface area contributed by atoms with Crippen LogP contribution in [0.15, 0.2) is 35.3 Å². The zero-order valence-electron chi connectivity index (χ0n) is 17.2. The maximum Gasteiger partial charge on any atom is 0.213 e. The molecule has 0 saturated carbocycles. The van der Waals surface area contributed by atoms with Crippen molar-refractivity contribution in [2.24, 2.45) is 0 Å². The Kier molecular flexibility index (Phi) is 5.43. The van der Waals surface area contributed by atoms with Gasteiger partial charge in [-0.25, -0.2) is 4.98 Å². The van der Waals surface area contributed by atoms with E-state index in [9.17, 15) is 4.79 Å². The molecule has 0 aliphatic rings. The molecule has 0 atom stereocenters. The second-order valence-electron chi connectivity index (χ2n) is 6.87. The molecule has 0 aliphatic heterocycles. The predicted octanol–water partition coefficient (Wildman–Crippen LogP) is 4.12. The van der Waals surface area contributed by atoms with Crippen LogP contribution in [0.1, 0.15) is 13.8 Å². The second-order valence-corrected chi connectivity index (χ2v) is 7.87. The Labute approximate surface area is 173 Å². The number of pyridine rings is 1. The summed E-state index contributed by atoms with van der Waals surface area (Å²) >= 11 is 1.55. The smallest absolute Gasteiger partial charge is 0.213 e. The van der Waals surface area contributed by atoms with Crippen LogP contribution in [0.4, 0.5) is 0 Å². The summed E-state index contributed by atoms with van der Waals surface area (Å²) in [5.41, 5.74) is 1.73. The van der Waals surface area contributed by atoms with Gasteiger partial charge < -0.3 is 18.9 Å². The third-order valence-corrected chi connectivity index (χ3v) is 6.62. The summed E-state index contributed by atoms with van der Waals surface area (Å²) in [5.74, 6) is 1.32. The largest absolute Gasteiger partial charge is 0.493 e. The molecule has 0 spiro atoms. The highest BCUT2D eigenvalue weighted by Crippen LogP contribution is 2.39. The lowest BCUT2D eigenvalue weighted by Crippen LogP contribution is -2.27. The van der Waals surface area contributed by atoms with Crippen molar-refractivity contribution < 1.29 is 9.47 Å². The number of aromatic nitrogens is 2. The van der Waals surface area contributed by atoms with E-state index in [0.29, 0.717) is 16.9 Å². The number of rotatable bonds is 7. The van der Waals surface area contributed by atoms with E-state index >= 15 is 0 Å². The average molecular weight is 412 g/mol. The van der Waals surface area contributed by atoms with Gasteiger partial charge in [0, 0.05) is 30.7 Å². The van der Waals surface area contributed by atoms with Crippen molar-refractivity contribution in [2.45, 2.75) is 20.4 Å². The molecule has 4 aromatic rings. The highest BCUT2D eigenvalue weighted by molar-refractivity contribution is 7.25. The van der Waals surface area contributed by atoms with E-state index in [4.69, 9.17) is 9.47 Å². The molecule has 0 amide bonds. The van der Waals surface area contributed by atoms with Crippen LogP contribution in [-0.4, -0.2) is 48.3 Å². The Balaban J connectivity index is 2.07. The van der Waals surface area contributed by atoms with Crippen molar-refractivity contribution in [2.75, 3.05) is 33.9 Å². The highest BCUT2D eigenvalue weighted by Gasteiger charge is 2.20. The number of hydrogen-bond acceptors (Lipinski definition) is 6. The summed E-state index contributed by atoms with van der Waals surface area (Å²) in [6, 6.07) is 7.61. The van der Waals surface area contributed by atoms with Crippen LogP contribution in [0.5, 0.6) is 11.5 Å². The van der Waals surface area contributed by atoms with Gasteiger partial charge in [0.05, 0.1) is 29.8 Å². The SMILES string of the molecule is CCN(CC)CCn1c2cc(OC)c(OC)cc2c2sc3ncccc3c(=O)c21. The Bertz CT molecular complexity index is 1240. The second kappa shape index (κ2) is 8.00. The van der Waals surface area contributed by atoms with Crippen molar-refractivity contribution in [1.29, 1.82) is 0 Å². The Morgan fingerprint density at radius 2 is 1.83 bits per heavy atom. The van der Waals surface area contributed by atoms with Gasteiger partial charge in [0.15, 0.2) is 11.5 Å². The Morgan fingerprint density at radius 1 is 1.10 bits per heavy atom. The Hall–Kier alpha value is -2.64. The molecule has 0 N–H and O–H groups in total. The van der Waals surface area contributed by atoms with Crippen LogP contribution in [0.25, 0.3) is 31.3 Å². The van der Waals surface area contributed by atoms with Gasteiger partial charge in [-0.2, -0.15) is 0 Å². The molecule has 0 aliphatic carbocycles. The van der Waals surface area contributed by atoms with Gasteiger partial charge in [-0.15, -0.1) is 11.3 Å². The molecule has 0 radical (unpaired) electrons. The molecule has 7 heteroatoms. The van der Waals surface area contributed by atoms with E-state index in [2.05, 4.69) is 28.3 Å². The van der Waals surface area contributed by atoms with Gasteiger partial charge >= 0.3 is 0 Å². The number of nitrogens with zero attached hydrogens (tertiary/aromatic N) is 3. The molecule has 1 aromatic carbocycles.